The minimum Gasteiger partial charge on any atom is -0.380 e. The van der Waals surface area contributed by atoms with Gasteiger partial charge in [-0.2, -0.15) is 0 Å². The first-order valence-electron chi connectivity index (χ1n) is 5.89. The fraction of sp³-hybridized carbons (Fsp3) is 0.462. The largest absolute Gasteiger partial charge is 0.380 e. The molecular weight excluding hydrogens is 252 g/mol. The van der Waals surface area contributed by atoms with Gasteiger partial charge in [0.1, 0.15) is 0 Å². The summed E-state index contributed by atoms with van der Waals surface area (Å²) in [7, 11) is 1.66. The van der Waals surface area contributed by atoms with Crippen molar-refractivity contribution in [1.82, 2.24) is 5.32 Å². The third-order valence-corrected chi connectivity index (χ3v) is 2.94. The molecule has 1 unspecified atom stereocenters. The molecule has 1 atom stereocenters. The summed E-state index contributed by atoms with van der Waals surface area (Å²) in [4.78, 5) is 11.9. The summed E-state index contributed by atoms with van der Waals surface area (Å²) in [5.74, 6) is 0.200. The molecule has 0 radical (unpaired) electrons. The molecular formula is C13H19ClN2O2. The Balaban J connectivity index is 0.00000162. The van der Waals surface area contributed by atoms with E-state index in [2.05, 4.69) is 10.6 Å². The van der Waals surface area contributed by atoms with Gasteiger partial charge >= 0.3 is 0 Å². The van der Waals surface area contributed by atoms with E-state index in [1.165, 1.54) is 0 Å². The molecule has 100 valence electrons. The summed E-state index contributed by atoms with van der Waals surface area (Å²) in [5, 5.41) is 6.14. The van der Waals surface area contributed by atoms with Crippen molar-refractivity contribution >= 4 is 24.0 Å². The van der Waals surface area contributed by atoms with E-state index in [0.29, 0.717) is 6.61 Å². The normalized spacial score (nSPS) is 18.2. The maximum absolute atomic E-state index is 11.9. The molecule has 2 N–H and O–H groups in total. The third-order valence-electron chi connectivity index (χ3n) is 2.94. The highest BCUT2D eigenvalue weighted by molar-refractivity contribution is 5.92. The van der Waals surface area contributed by atoms with E-state index in [1.807, 2.05) is 24.3 Å². The predicted molar refractivity (Wildman–Crippen MR) is 74.0 cm³/mol. The van der Waals surface area contributed by atoms with Crippen LogP contribution in [0.3, 0.4) is 0 Å². The van der Waals surface area contributed by atoms with Crippen molar-refractivity contribution in [3.63, 3.8) is 0 Å². The first-order chi connectivity index (χ1) is 8.29. The number of benzene rings is 1. The van der Waals surface area contributed by atoms with Crippen LogP contribution < -0.4 is 10.6 Å². The van der Waals surface area contributed by atoms with Gasteiger partial charge in [-0.3, -0.25) is 4.79 Å². The molecule has 1 aliphatic heterocycles. The molecule has 1 amide bonds. The molecule has 1 aromatic carbocycles. The second kappa shape index (κ2) is 7.36. The smallest absolute Gasteiger partial charge is 0.228 e. The minimum absolute atomic E-state index is 0. The van der Waals surface area contributed by atoms with E-state index in [9.17, 15) is 4.79 Å². The van der Waals surface area contributed by atoms with Crippen molar-refractivity contribution in [3.05, 3.63) is 29.8 Å². The molecule has 5 heteroatoms. The van der Waals surface area contributed by atoms with Crippen LogP contribution in [0, 0.1) is 5.92 Å². The van der Waals surface area contributed by atoms with Crippen LogP contribution in [0.1, 0.15) is 12.0 Å². The van der Waals surface area contributed by atoms with E-state index in [4.69, 9.17) is 4.74 Å². The molecule has 1 aromatic rings. The van der Waals surface area contributed by atoms with Crippen LogP contribution in [-0.4, -0.2) is 26.1 Å². The van der Waals surface area contributed by atoms with Crippen molar-refractivity contribution in [3.8, 4) is 0 Å². The van der Waals surface area contributed by atoms with Crippen LogP contribution in [0.2, 0.25) is 0 Å². The maximum Gasteiger partial charge on any atom is 0.228 e. The number of methoxy groups -OCH3 is 1. The van der Waals surface area contributed by atoms with E-state index < -0.39 is 0 Å². The van der Waals surface area contributed by atoms with Crippen LogP contribution >= 0.6 is 12.4 Å². The van der Waals surface area contributed by atoms with Crippen molar-refractivity contribution < 1.29 is 9.53 Å². The van der Waals surface area contributed by atoms with Gasteiger partial charge in [-0.15, -0.1) is 12.4 Å². The van der Waals surface area contributed by atoms with Crippen molar-refractivity contribution in [2.75, 3.05) is 25.5 Å². The number of nitrogens with one attached hydrogen (secondary N) is 2. The molecule has 1 heterocycles. The summed E-state index contributed by atoms with van der Waals surface area (Å²) < 4.78 is 5.06. The lowest BCUT2D eigenvalue weighted by Gasteiger charge is -2.10. The lowest BCUT2D eigenvalue weighted by molar-refractivity contribution is -0.119. The molecule has 0 aliphatic carbocycles. The molecule has 0 spiro atoms. The van der Waals surface area contributed by atoms with Gasteiger partial charge in [0.15, 0.2) is 0 Å². The van der Waals surface area contributed by atoms with Crippen molar-refractivity contribution in [2.45, 2.75) is 13.0 Å². The zero-order valence-corrected chi connectivity index (χ0v) is 11.3. The number of carbonyl (C=O) groups excluding carboxylic acids is 1. The molecule has 4 nitrogen and oxygen atoms in total. The fourth-order valence-electron chi connectivity index (χ4n) is 2.03. The SMILES string of the molecule is COCc1cccc(NC(=O)C2CCNC2)c1.Cl. The van der Waals surface area contributed by atoms with Crippen LogP contribution in [-0.2, 0) is 16.1 Å². The number of anilines is 1. The second-order valence-electron chi connectivity index (χ2n) is 4.31. The highest BCUT2D eigenvalue weighted by Crippen LogP contribution is 2.15. The number of hydrogen-bond donors (Lipinski definition) is 2. The van der Waals surface area contributed by atoms with Gasteiger partial charge < -0.3 is 15.4 Å². The average molecular weight is 271 g/mol. The van der Waals surface area contributed by atoms with E-state index in [-0.39, 0.29) is 24.2 Å². The summed E-state index contributed by atoms with van der Waals surface area (Å²) in [6, 6.07) is 7.76. The number of ether oxygens (including phenoxy) is 1. The Hall–Kier alpha value is -1.10. The van der Waals surface area contributed by atoms with Gasteiger partial charge in [0.05, 0.1) is 12.5 Å². The summed E-state index contributed by atoms with van der Waals surface area (Å²) in [5.41, 5.74) is 1.91. The van der Waals surface area contributed by atoms with Crippen LogP contribution in [0.5, 0.6) is 0 Å². The summed E-state index contributed by atoms with van der Waals surface area (Å²) in [6.07, 6.45) is 0.920. The maximum atomic E-state index is 11.9. The highest BCUT2D eigenvalue weighted by Gasteiger charge is 2.22. The van der Waals surface area contributed by atoms with Gasteiger partial charge in [0.2, 0.25) is 5.91 Å². The number of amides is 1. The van der Waals surface area contributed by atoms with Crippen LogP contribution in [0.15, 0.2) is 24.3 Å². The van der Waals surface area contributed by atoms with E-state index in [0.717, 1.165) is 30.8 Å². The quantitative estimate of drug-likeness (QED) is 0.877. The molecule has 1 aliphatic rings. The van der Waals surface area contributed by atoms with Gasteiger partial charge in [0.25, 0.3) is 0 Å². The Kier molecular flexibility index (Phi) is 6.12. The standard InChI is InChI=1S/C13H18N2O2.ClH/c1-17-9-10-3-2-4-12(7-10)15-13(16)11-5-6-14-8-11;/h2-4,7,11,14H,5-6,8-9H2,1H3,(H,15,16);1H. The lowest BCUT2D eigenvalue weighted by Crippen LogP contribution is -2.24. The van der Waals surface area contributed by atoms with Gasteiger partial charge in [-0.25, -0.2) is 0 Å². The van der Waals surface area contributed by atoms with Crippen molar-refractivity contribution in [2.24, 2.45) is 5.92 Å². The Morgan fingerprint density at radius 2 is 2.39 bits per heavy atom. The number of hydrogen-bond acceptors (Lipinski definition) is 3. The second-order valence-corrected chi connectivity index (χ2v) is 4.31. The molecule has 2 rings (SSSR count). The highest BCUT2D eigenvalue weighted by atomic mass is 35.5. The molecule has 1 saturated heterocycles. The summed E-state index contributed by atoms with van der Waals surface area (Å²) in [6.45, 7) is 2.28. The number of carbonyl (C=O) groups is 1. The zero-order valence-electron chi connectivity index (χ0n) is 10.4. The Morgan fingerprint density at radius 1 is 1.56 bits per heavy atom. The number of halogens is 1. The van der Waals surface area contributed by atoms with Gasteiger partial charge in [0, 0.05) is 19.3 Å². The molecule has 0 bridgehead atoms. The fourth-order valence-corrected chi connectivity index (χ4v) is 2.03. The first kappa shape index (κ1) is 15.0. The Labute approximate surface area is 114 Å². The molecule has 1 fully saturated rings. The third kappa shape index (κ3) is 3.98. The van der Waals surface area contributed by atoms with Crippen LogP contribution in [0.25, 0.3) is 0 Å². The molecule has 18 heavy (non-hydrogen) atoms. The van der Waals surface area contributed by atoms with E-state index in [1.54, 1.807) is 7.11 Å². The average Bonchev–Trinajstić information content (AvgIpc) is 2.83. The monoisotopic (exact) mass is 270 g/mol. The topological polar surface area (TPSA) is 50.4 Å². The minimum atomic E-state index is 0. The Morgan fingerprint density at radius 3 is 3.06 bits per heavy atom. The number of rotatable bonds is 4. The van der Waals surface area contributed by atoms with Crippen molar-refractivity contribution in [1.29, 1.82) is 0 Å². The van der Waals surface area contributed by atoms with Crippen LogP contribution in [0.4, 0.5) is 5.69 Å². The Bertz CT molecular complexity index is 392. The van der Waals surface area contributed by atoms with E-state index >= 15 is 0 Å². The predicted octanol–water partition coefficient (Wildman–Crippen LogP) is 1.80. The lowest BCUT2D eigenvalue weighted by atomic mass is 10.1. The van der Waals surface area contributed by atoms with Gasteiger partial charge in [-0.05, 0) is 30.7 Å². The van der Waals surface area contributed by atoms with Gasteiger partial charge in [-0.1, -0.05) is 12.1 Å². The molecule has 0 saturated carbocycles. The first-order valence-corrected chi connectivity index (χ1v) is 5.89. The summed E-state index contributed by atoms with van der Waals surface area (Å²) >= 11 is 0. The molecule has 0 aromatic heterocycles. The zero-order chi connectivity index (χ0) is 12.1.